The molecule has 8 heteroatoms. The number of aromatic nitrogens is 2. The summed E-state index contributed by atoms with van der Waals surface area (Å²) in [6, 6.07) is 5.56. The molecule has 0 spiro atoms. The van der Waals surface area contributed by atoms with Crippen molar-refractivity contribution in [2.45, 2.75) is 44.2 Å². The van der Waals surface area contributed by atoms with E-state index in [4.69, 9.17) is 23.2 Å². The van der Waals surface area contributed by atoms with Gasteiger partial charge >= 0.3 is 5.97 Å². The molecule has 1 unspecified atom stereocenters. The van der Waals surface area contributed by atoms with E-state index in [0.717, 1.165) is 25.7 Å². The number of nitrogens with one attached hydrogen (secondary N) is 1. The SMILES string of the molecule is O=C(NC(Cc1cc(Cl)cc(Cl)c1)C(=O)O)c1ccnn1C1CCCC1. The van der Waals surface area contributed by atoms with Gasteiger partial charge in [-0.3, -0.25) is 9.48 Å². The number of amides is 1. The van der Waals surface area contributed by atoms with Gasteiger partial charge in [0.15, 0.2) is 0 Å². The molecule has 1 amide bonds. The number of halogens is 2. The van der Waals surface area contributed by atoms with Gasteiger partial charge < -0.3 is 10.4 Å². The molecule has 1 aromatic heterocycles. The quantitative estimate of drug-likeness (QED) is 0.779. The molecule has 138 valence electrons. The first-order valence-electron chi connectivity index (χ1n) is 8.46. The number of carbonyl (C=O) groups excluding carboxylic acids is 1. The molecule has 1 aliphatic rings. The van der Waals surface area contributed by atoms with E-state index in [1.807, 2.05) is 0 Å². The van der Waals surface area contributed by atoms with Gasteiger partial charge in [0.2, 0.25) is 0 Å². The van der Waals surface area contributed by atoms with E-state index in [1.54, 1.807) is 35.1 Å². The molecule has 1 fully saturated rings. The molecule has 2 aromatic rings. The van der Waals surface area contributed by atoms with Crippen LogP contribution in [0.25, 0.3) is 0 Å². The van der Waals surface area contributed by atoms with Gasteiger partial charge in [-0.1, -0.05) is 36.0 Å². The number of carbonyl (C=O) groups is 2. The molecule has 0 bridgehead atoms. The van der Waals surface area contributed by atoms with E-state index in [9.17, 15) is 14.7 Å². The van der Waals surface area contributed by atoms with E-state index in [2.05, 4.69) is 10.4 Å². The highest BCUT2D eigenvalue weighted by molar-refractivity contribution is 6.34. The van der Waals surface area contributed by atoms with Gasteiger partial charge in [0.1, 0.15) is 11.7 Å². The van der Waals surface area contributed by atoms with Crippen LogP contribution in [0.1, 0.15) is 47.8 Å². The highest BCUT2D eigenvalue weighted by atomic mass is 35.5. The molecule has 1 heterocycles. The maximum atomic E-state index is 12.6. The lowest BCUT2D eigenvalue weighted by Crippen LogP contribution is -2.43. The van der Waals surface area contributed by atoms with Gasteiger partial charge in [-0.2, -0.15) is 5.10 Å². The van der Waals surface area contributed by atoms with Gasteiger partial charge in [-0.25, -0.2) is 4.79 Å². The number of rotatable bonds is 6. The van der Waals surface area contributed by atoms with Crippen LogP contribution in [0.4, 0.5) is 0 Å². The number of carboxylic acid groups (broad SMARTS) is 1. The summed E-state index contributed by atoms with van der Waals surface area (Å²) >= 11 is 11.9. The highest BCUT2D eigenvalue weighted by Crippen LogP contribution is 2.29. The normalized spacial score (nSPS) is 15.8. The summed E-state index contributed by atoms with van der Waals surface area (Å²) < 4.78 is 1.71. The zero-order valence-corrected chi connectivity index (χ0v) is 15.5. The van der Waals surface area contributed by atoms with Gasteiger partial charge in [0.25, 0.3) is 5.91 Å². The molecule has 1 aromatic carbocycles. The Bertz CT molecular complexity index is 796. The number of benzene rings is 1. The summed E-state index contributed by atoms with van der Waals surface area (Å²) in [6.45, 7) is 0. The second-order valence-corrected chi connectivity index (χ2v) is 7.32. The van der Waals surface area contributed by atoms with E-state index < -0.39 is 17.9 Å². The topological polar surface area (TPSA) is 84.2 Å². The summed E-state index contributed by atoms with van der Waals surface area (Å²) in [6.07, 6.45) is 5.83. The Hall–Kier alpha value is -2.05. The molecule has 1 aliphatic carbocycles. The molecule has 26 heavy (non-hydrogen) atoms. The maximum Gasteiger partial charge on any atom is 0.326 e. The van der Waals surface area contributed by atoms with Crippen molar-refractivity contribution < 1.29 is 14.7 Å². The van der Waals surface area contributed by atoms with Crippen LogP contribution in [0.5, 0.6) is 0 Å². The second kappa shape index (κ2) is 8.10. The first kappa shape index (κ1) is 18.7. The third-order valence-corrected chi connectivity index (χ3v) is 4.98. The highest BCUT2D eigenvalue weighted by Gasteiger charge is 2.26. The van der Waals surface area contributed by atoms with E-state index in [-0.39, 0.29) is 12.5 Å². The molecule has 0 saturated heterocycles. The summed E-state index contributed by atoms with van der Waals surface area (Å²) in [5, 5.41) is 17.2. The molecule has 3 rings (SSSR count). The number of aliphatic carboxylic acids is 1. The predicted octanol–water partition coefficient (Wildman–Crippen LogP) is 3.73. The fourth-order valence-corrected chi connectivity index (χ4v) is 3.90. The number of hydrogen-bond acceptors (Lipinski definition) is 3. The van der Waals surface area contributed by atoms with E-state index in [0.29, 0.717) is 21.3 Å². The lowest BCUT2D eigenvalue weighted by molar-refractivity contribution is -0.139. The first-order valence-corrected chi connectivity index (χ1v) is 9.22. The van der Waals surface area contributed by atoms with Gasteiger partial charge in [-0.15, -0.1) is 0 Å². The Morgan fingerprint density at radius 2 is 1.88 bits per heavy atom. The lowest BCUT2D eigenvalue weighted by Gasteiger charge is -2.17. The van der Waals surface area contributed by atoms with Crippen LogP contribution in [-0.4, -0.2) is 32.8 Å². The Morgan fingerprint density at radius 1 is 1.23 bits per heavy atom. The Balaban J connectivity index is 1.75. The summed E-state index contributed by atoms with van der Waals surface area (Å²) in [5.41, 5.74) is 1.02. The average molecular weight is 396 g/mol. The number of carboxylic acids is 1. The van der Waals surface area contributed by atoms with Crippen molar-refractivity contribution in [3.05, 3.63) is 51.8 Å². The smallest absolute Gasteiger partial charge is 0.326 e. The minimum absolute atomic E-state index is 0.0823. The number of nitrogens with zero attached hydrogens (tertiary/aromatic N) is 2. The molecular formula is C18H19Cl2N3O3. The molecular weight excluding hydrogens is 377 g/mol. The van der Waals surface area contributed by atoms with Gasteiger partial charge in [-0.05, 0) is 42.7 Å². The zero-order chi connectivity index (χ0) is 18.7. The third-order valence-electron chi connectivity index (χ3n) is 4.54. The van der Waals surface area contributed by atoms with Crippen LogP contribution < -0.4 is 5.32 Å². The van der Waals surface area contributed by atoms with Crippen molar-refractivity contribution in [1.29, 1.82) is 0 Å². The summed E-state index contributed by atoms with van der Waals surface area (Å²) in [7, 11) is 0. The van der Waals surface area contributed by atoms with E-state index in [1.165, 1.54) is 0 Å². The molecule has 1 atom stereocenters. The second-order valence-electron chi connectivity index (χ2n) is 6.45. The van der Waals surface area contributed by atoms with Crippen LogP contribution in [0, 0.1) is 0 Å². The van der Waals surface area contributed by atoms with Crippen molar-refractivity contribution in [3.63, 3.8) is 0 Å². The monoisotopic (exact) mass is 395 g/mol. The minimum Gasteiger partial charge on any atom is -0.480 e. The number of hydrogen-bond donors (Lipinski definition) is 2. The zero-order valence-electron chi connectivity index (χ0n) is 14.0. The predicted molar refractivity (Wildman–Crippen MR) is 98.8 cm³/mol. The fraction of sp³-hybridized carbons (Fsp3) is 0.389. The van der Waals surface area contributed by atoms with Gasteiger partial charge in [0, 0.05) is 22.7 Å². The molecule has 1 saturated carbocycles. The molecule has 0 radical (unpaired) electrons. The van der Waals surface area contributed by atoms with Crippen molar-refractivity contribution in [3.8, 4) is 0 Å². The maximum absolute atomic E-state index is 12.6. The third kappa shape index (κ3) is 4.37. The Labute approximate surface area is 161 Å². The van der Waals surface area contributed by atoms with E-state index >= 15 is 0 Å². The molecule has 2 N–H and O–H groups in total. The van der Waals surface area contributed by atoms with Crippen LogP contribution >= 0.6 is 23.2 Å². The van der Waals surface area contributed by atoms with Crippen molar-refractivity contribution in [1.82, 2.24) is 15.1 Å². The average Bonchev–Trinajstić information content (AvgIpc) is 3.24. The largest absolute Gasteiger partial charge is 0.480 e. The van der Waals surface area contributed by atoms with Crippen molar-refractivity contribution >= 4 is 35.1 Å². The first-order chi connectivity index (χ1) is 12.4. The fourth-order valence-electron chi connectivity index (χ4n) is 3.33. The van der Waals surface area contributed by atoms with Crippen LogP contribution in [0.3, 0.4) is 0 Å². The van der Waals surface area contributed by atoms with Gasteiger partial charge in [0.05, 0.1) is 6.04 Å². The van der Waals surface area contributed by atoms with Crippen molar-refractivity contribution in [2.75, 3.05) is 0 Å². The lowest BCUT2D eigenvalue weighted by atomic mass is 10.1. The van der Waals surface area contributed by atoms with Crippen LogP contribution in [0.15, 0.2) is 30.5 Å². The summed E-state index contributed by atoms with van der Waals surface area (Å²) in [4.78, 5) is 24.3. The molecule has 6 nitrogen and oxygen atoms in total. The molecule has 0 aliphatic heterocycles. The standard InChI is InChI=1S/C18H19Cl2N3O3/c19-12-7-11(8-13(20)10-12)9-15(18(25)26)22-17(24)16-5-6-21-23(16)14-3-1-2-4-14/h5-8,10,14-15H,1-4,9H2,(H,22,24)(H,25,26). The Kier molecular flexibility index (Phi) is 5.84. The Morgan fingerprint density at radius 3 is 2.50 bits per heavy atom. The van der Waals surface area contributed by atoms with Crippen molar-refractivity contribution in [2.24, 2.45) is 0 Å². The summed E-state index contributed by atoms with van der Waals surface area (Å²) in [5.74, 6) is -1.57. The minimum atomic E-state index is -1.12. The van der Waals surface area contributed by atoms with Crippen LogP contribution in [-0.2, 0) is 11.2 Å². The van der Waals surface area contributed by atoms with Crippen LogP contribution in [0.2, 0.25) is 10.0 Å².